The van der Waals surface area contributed by atoms with Crippen molar-refractivity contribution in [1.29, 1.82) is 0 Å². The van der Waals surface area contributed by atoms with Crippen LogP contribution in [-0.4, -0.2) is 54.7 Å². The Labute approximate surface area is 115 Å². The van der Waals surface area contributed by atoms with Gasteiger partial charge in [-0.3, -0.25) is 0 Å². The van der Waals surface area contributed by atoms with E-state index in [1.807, 2.05) is 11.8 Å². The average Bonchev–Trinajstić information content (AvgIpc) is 2.28. The molecule has 0 spiro atoms. The summed E-state index contributed by atoms with van der Waals surface area (Å²) in [7, 11) is -3.10. The van der Waals surface area contributed by atoms with E-state index in [-0.39, 0.29) is 16.5 Å². The van der Waals surface area contributed by atoms with E-state index < -0.39 is 10.0 Å². The third kappa shape index (κ3) is 3.85. The van der Waals surface area contributed by atoms with Crippen LogP contribution in [0.1, 0.15) is 33.1 Å². The number of hydrogen-bond donors (Lipinski definition) is 1. The largest absolute Gasteiger partial charge is 0.313 e. The fourth-order valence-electron chi connectivity index (χ4n) is 2.64. The van der Waals surface area contributed by atoms with Crippen molar-refractivity contribution < 1.29 is 8.42 Å². The minimum absolute atomic E-state index is 0.0469. The van der Waals surface area contributed by atoms with Crippen molar-refractivity contribution in [3.05, 3.63) is 0 Å². The highest BCUT2D eigenvalue weighted by Gasteiger charge is 2.35. The van der Waals surface area contributed by atoms with E-state index in [0.717, 1.165) is 25.1 Å². The van der Waals surface area contributed by atoms with Gasteiger partial charge >= 0.3 is 0 Å². The third-order valence-electron chi connectivity index (χ3n) is 3.61. The number of thioether (sulfide) groups is 1. The van der Waals surface area contributed by atoms with Gasteiger partial charge in [-0.2, -0.15) is 16.1 Å². The van der Waals surface area contributed by atoms with Gasteiger partial charge in [0.1, 0.15) is 0 Å². The van der Waals surface area contributed by atoms with Gasteiger partial charge < -0.3 is 5.32 Å². The molecule has 2 rings (SSSR count). The van der Waals surface area contributed by atoms with Crippen LogP contribution < -0.4 is 5.32 Å². The molecule has 2 fully saturated rings. The Kier molecular flexibility index (Phi) is 4.62. The zero-order valence-electron chi connectivity index (χ0n) is 11.3. The maximum Gasteiger partial charge on any atom is 0.215 e. The number of piperidine rings is 1. The van der Waals surface area contributed by atoms with Crippen LogP contribution in [0.3, 0.4) is 0 Å². The van der Waals surface area contributed by atoms with Crippen molar-refractivity contribution >= 4 is 21.8 Å². The Bertz CT molecular complexity index is 376. The average molecular weight is 292 g/mol. The molecule has 0 bridgehead atoms. The Morgan fingerprint density at radius 3 is 2.78 bits per heavy atom. The van der Waals surface area contributed by atoms with Crippen LogP contribution in [0.25, 0.3) is 0 Å². The van der Waals surface area contributed by atoms with Gasteiger partial charge in [-0.25, -0.2) is 8.42 Å². The van der Waals surface area contributed by atoms with Crippen molar-refractivity contribution in [1.82, 2.24) is 9.62 Å². The van der Waals surface area contributed by atoms with E-state index in [1.165, 1.54) is 6.42 Å². The van der Waals surface area contributed by atoms with E-state index >= 15 is 0 Å². The second-order valence-electron chi connectivity index (χ2n) is 5.87. The van der Waals surface area contributed by atoms with Gasteiger partial charge in [-0.1, -0.05) is 6.42 Å². The number of rotatable bonds is 3. The Morgan fingerprint density at radius 2 is 2.17 bits per heavy atom. The summed E-state index contributed by atoms with van der Waals surface area (Å²) in [5.41, 5.74) is 0. The molecule has 0 aromatic carbocycles. The lowest BCUT2D eigenvalue weighted by molar-refractivity contribution is 0.373. The van der Waals surface area contributed by atoms with Crippen LogP contribution in [0.15, 0.2) is 0 Å². The molecule has 2 aliphatic heterocycles. The summed E-state index contributed by atoms with van der Waals surface area (Å²) in [5, 5.41) is 3.32. The number of hydrogen-bond acceptors (Lipinski definition) is 4. The van der Waals surface area contributed by atoms with Gasteiger partial charge in [-0.15, -0.1) is 0 Å². The van der Waals surface area contributed by atoms with Crippen molar-refractivity contribution in [2.24, 2.45) is 0 Å². The molecule has 0 aromatic heterocycles. The zero-order valence-corrected chi connectivity index (χ0v) is 12.9. The predicted octanol–water partition coefficient (Wildman–Crippen LogP) is 1.29. The van der Waals surface area contributed by atoms with Gasteiger partial charge in [0.05, 0.1) is 5.75 Å². The quantitative estimate of drug-likeness (QED) is 0.851. The number of sulfonamides is 1. The topological polar surface area (TPSA) is 49.4 Å². The summed E-state index contributed by atoms with van der Waals surface area (Å²) < 4.78 is 26.6. The Hall–Kier alpha value is 0.220. The molecule has 1 unspecified atom stereocenters. The maximum absolute atomic E-state index is 12.4. The Morgan fingerprint density at radius 1 is 1.39 bits per heavy atom. The van der Waals surface area contributed by atoms with E-state index in [4.69, 9.17) is 0 Å². The molecule has 106 valence electrons. The fraction of sp³-hybridized carbons (Fsp3) is 1.00. The number of nitrogens with one attached hydrogen (secondary N) is 1. The van der Waals surface area contributed by atoms with Crippen molar-refractivity contribution in [3.63, 3.8) is 0 Å². The summed E-state index contributed by atoms with van der Waals surface area (Å²) in [6, 6.07) is 0.154. The molecule has 0 saturated carbocycles. The third-order valence-corrected chi connectivity index (χ3v) is 6.83. The lowest BCUT2D eigenvalue weighted by Crippen LogP contribution is -2.50. The molecule has 0 aromatic rings. The molecule has 2 saturated heterocycles. The molecule has 2 aliphatic rings. The van der Waals surface area contributed by atoms with E-state index in [2.05, 4.69) is 19.2 Å². The zero-order chi connectivity index (χ0) is 13.2. The van der Waals surface area contributed by atoms with Crippen molar-refractivity contribution in [2.45, 2.75) is 43.9 Å². The highest BCUT2D eigenvalue weighted by molar-refractivity contribution is 8.00. The molecule has 2 heterocycles. The van der Waals surface area contributed by atoms with Gasteiger partial charge in [0.15, 0.2) is 0 Å². The molecule has 18 heavy (non-hydrogen) atoms. The highest BCUT2D eigenvalue weighted by Crippen LogP contribution is 2.31. The first-order chi connectivity index (χ1) is 8.39. The first-order valence-corrected chi connectivity index (χ1v) is 9.34. The van der Waals surface area contributed by atoms with Crippen LogP contribution in [0.5, 0.6) is 0 Å². The molecule has 6 heteroatoms. The van der Waals surface area contributed by atoms with Crippen LogP contribution in [-0.2, 0) is 10.0 Å². The summed E-state index contributed by atoms with van der Waals surface area (Å²) in [6.45, 7) is 6.52. The lowest BCUT2D eigenvalue weighted by atomic mass is 10.1. The van der Waals surface area contributed by atoms with Gasteiger partial charge in [0.25, 0.3) is 0 Å². The van der Waals surface area contributed by atoms with Gasteiger partial charge in [0, 0.05) is 29.6 Å². The lowest BCUT2D eigenvalue weighted by Gasteiger charge is -2.37. The monoisotopic (exact) mass is 292 g/mol. The number of nitrogens with zero attached hydrogens (tertiary/aromatic N) is 1. The predicted molar refractivity (Wildman–Crippen MR) is 77.5 cm³/mol. The van der Waals surface area contributed by atoms with E-state index in [9.17, 15) is 8.42 Å². The molecule has 0 amide bonds. The minimum Gasteiger partial charge on any atom is -0.313 e. The smallest absolute Gasteiger partial charge is 0.215 e. The minimum atomic E-state index is -3.10. The molecular formula is C12H24N2O2S2. The second kappa shape index (κ2) is 5.69. The normalized spacial score (nSPS) is 30.2. The molecule has 4 nitrogen and oxygen atoms in total. The van der Waals surface area contributed by atoms with Crippen molar-refractivity contribution in [3.8, 4) is 0 Å². The first-order valence-electron chi connectivity index (χ1n) is 6.74. The highest BCUT2D eigenvalue weighted by atomic mass is 32.2. The molecular weight excluding hydrogens is 268 g/mol. The summed E-state index contributed by atoms with van der Waals surface area (Å²) >= 11 is 1.86. The summed E-state index contributed by atoms with van der Waals surface area (Å²) in [5.74, 6) is 1.18. The van der Waals surface area contributed by atoms with E-state index in [0.29, 0.717) is 13.1 Å². The molecule has 0 aliphatic carbocycles. The van der Waals surface area contributed by atoms with Gasteiger partial charge in [0.2, 0.25) is 10.0 Å². The van der Waals surface area contributed by atoms with Gasteiger partial charge in [-0.05, 0) is 33.2 Å². The van der Waals surface area contributed by atoms with Crippen LogP contribution in [0.4, 0.5) is 0 Å². The summed E-state index contributed by atoms with van der Waals surface area (Å²) in [4.78, 5) is 0. The van der Waals surface area contributed by atoms with Crippen LogP contribution >= 0.6 is 11.8 Å². The maximum atomic E-state index is 12.4. The molecule has 0 radical (unpaired) electrons. The van der Waals surface area contributed by atoms with Crippen molar-refractivity contribution in [2.75, 3.05) is 31.1 Å². The molecule has 1 atom stereocenters. The van der Waals surface area contributed by atoms with E-state index in [1.54, 1.807) is 4.31 Å². The molecule has 1 N–H and O–H groups in total. The standard InChI is InChI=1S/C12H24N2O2S2/c1-12(2)10-14(7-8-17-12)18(15,16)9-11-5-3-4-6-13-11/h11,13H,3-10H2,1-2H3. The first kappa shape index (κ1) is 14.6. The summed E-state index contributed by atoms with van der Waals surface area (Å²) in [6.07, 6.45) is 3.31. The van der Waals surface area contributed by atoms with Crippen LogP contribution in [0, 0.1) is 0 Å². The fourth-order valence-corrected chi connectivity index (χ4v) is 5.84. The second-order valence-corrected chi connectivity index (χ2v) is 9.68. The Balaban J connectivity index is 1.97. The SMILES string of the molecule is CC1(C)CN(S(=O)(=O)CC2CCCCN2)CCS1. The van der Waals surface area contributed by atoms with Crippen LogP contribution in [0.2, 0.25) is 0 Å².